The molecular weight excluding hydrogens is 190 g/mol. The molecule has 0 bridgehead atoms. The molecule has 2 heterocycles. The minimum atomic E-state index is 0.810. The Morgan fingerprint density at radius 3 is 3.07 bits per heavy atom. The maximum Gasteiger partial charge on any atom is 0.121 e. The van der Waals surface area contributed by atoms with Crippen LogP contribution in [0.25, 0.3) is 21.9 Å². The lowest BCUT2D eigenvalue weighted by Gasteiger charge is -2.01. The first-order valence-electron chi connectivity index (χ1n) is 4.64. The van der Waals surface area contributed by atoms with E-state index in [4.69, 9.17) is 4.74 Å². The van der Waals surface area contributed by atoms with Crippen molar-refractivity contribution in [3.8, 4) is 5.75 Å². The van der Waals surface area contributed by atoms with Crippen molar-refractivity contribution in [1.29, 1.82) is 0 Å². The third kappa shape index (κ3) is 1.15. The van der Waals surface area contributed by atoms with E-state index in [0.29, 0.717) is 0 Å². The van der Waals surface area contributed by atoms with E-state index in [-0.39, 0.29) is 0 Å². The molecule has 1 N–H and O–H groups in total. The molecule has 15 heavy (non-hydrogen) atoms. The van der Waals surface area contributed by atoms with Gasteiger partial charge in [-0.15, -0.1) is 0 Å². The largest absolute Gasteiger partial charge is 0.497 e. The van der Waals surface area contributed by atoms with E-state index in [1.807, 2.05) is 18.2 Å². The first-order valence-corrected chi connectivity index (χ1v) is 4.64. The van der Waals surface area contributed by atoms with Crippen LogP contribution >= 0.6 is 0 Å². The summed E-state index contributed by atoms with van der Waals surface area (Å²) in [7, 11) is 1.65. The highest BCUT2D eigenvalue weighted by Crippen LogP contribution is 2.24. The maximum absolute atomic E-state index is 5.15. The van der Waals surface area contributed by atoms with E-state index in [2.05, 4.69) is 15.0 Å². The van der Waals surface area contributed by atoms with E-state index < -0.39 is 0 Å². The number of nitrogens with zero attached hydrogens (tertiary/aromatic N) is 2. The summed E-state index contributed by atoms with van der Waals surface area (Å²) in [6.45, 7) is 0. The summed E-state index contributed by atoms with van der Waals surface area (Å²) < 4.78 is 5.15. The van der Waals surface area contributed by atoms with Crippen molar-refractivity contribution >= 4 is 21.9 Å². The number of ether oxygens (including phenoxy) is 1. The minimum Gasteiger partial charge on any atom is -0.497 e. The Morgan fingerprint density at radius 2 is 2.20 bits per heavy atom. The number of rotatable bonds is 1. The second-order valence-electron chi connectivity index (χ2n) is 3.31. The van der Waals surface area contributed by atoms with Crippen molar-refractivity contribution in [2.45, 2.75) is 0 Å². The van der Waals surface area contributed by atoms with Crippen LogP contribution in [0.2, 0.25) is 0 Å². The van der Waals surface area contributed by atoms with Gasteiger partial charge in [-0.25, -0.2) is 4.98 Å². The van der Waals surface area contributed by atoms with Crippen molar-refractivity contribution in [2.24, 2.45) is 0 Å². The van der Waals surface area contributed by atoms with Crippen LogP contribution in [0.3, 0.4) is 0 Å². The second-order valence-corrected chi connectivity index (χ2v) is 3.31. The topological polar surface area (TPSA) is 50.8 Å². The molecule has 0 atom stereocenters. The van der Waals surface area contributed by atoms with Crippen molar-refractivity contribution in [2.75, 3.05) is 7.11 Å². The van der Waals surface area contributed by atoms with Crippen LogP contribution in [0, 0.1) is 0 Å². The van der Waals surface area contributed by atoms with Gasteiger partial charge < -0.3 is 9.72 Å². The molecule has 0 aliphatic rings. The van der Waals surface area contributed by atoms with E-state index >= 15 is 0 Å². The van der Waals surface area contributed by atoms with Gasteiger partial charge in [-0.1, -0.05) is 0 Å². The molecular formula is C11H9N3O. The lowest BCUT2D eigenvalue weighted by atomic mass is 10.2. The Balaban J connectivity index is 2.44. The summed E-state index contributed by atoms with van der Waals surface area (Å²) in [4.78, 5) is 11.6. The number of benzene rings is 1. The summed E-state index contributed by atoms with van der Waals surface area (Å²) in [5, 5.41) is 1.04. The lowest BCUT2D eigenvalue weighted by molar-refractivity contribution is 0.415. The molecule has 4 heteroatoms. The minimum absolute atomic E-state index is 0.810. The zero-order chi connectivity index (χ0) is 10.3. The van der Waals surface area contributed by atoms with Gasteiger partial charge in [0.15, 0.2) is 0 Å². The van der Waals surface area contributed by atoms with Gasteiger partial charge in [0.25, 0.3) is 0 Å². The van der Waals surface area contributed by atoms with Gasteiger partial charge in [-0.05, 0) is 12.1 Å². The number of aromatic nitrogens is 3. The number of aromatic amines is 1. The van der Waals surface area contributed by atoms with Crippen LogP contribution in [-0.2, 0) is 0 Å². The second kappa shape index (κ2) is 2.95. The van der Waals surface area contributed by atoms with Crippen LogP contribution in [0.4, 0.5) is 0 Å². The molecule has 0 unspecified atom stereocenters. The van der Waals surface area contributed by atoms with E-state index in [9.17, 15) is 0 Å². The SMILES string of the molecule is COc1ccc2c(c1)ncc1[nH]cnc12. The van der Waals surface area contributed by atoms with Crippen LogP contribution in [0.1, 0.15) is 0 Å². The Labute approximate surface area is 85.9 Å². The molecule has 0 amide bonds. The number of imidazole rings is 1. The number of pyridine rings is 1. The van der Waals surface area contributed by atoms with Crippen LogP contribution in [-0.4, -0.2) is 22.1 Å². The summed E-state index contributed by atoms with van der Waals surface area (Å²) in [5.74, 6) is 0.810. The molecule has 3 aromatic rings. The van der Waals surface area contributed by atoms with Crippen molar-refractivity contribution in [1.82, 2.24) is 15.0 Å². The first kappa shape index (κ1) is 8.23. The van der Waals surface area contributed by atoms with Gasteiger partial charge in [0.05, 0.1) is 36.2 Å². The fourth-order valence-electron chi connectivity index (χ4n) is 1.70. The molecule has 0 aliphatic heterocycles. The zero-order valence-corrected chi connectivity index (χ0v) is 8.19. The van der Waals surface area contributed by atoms with Crippen LogP contribution in [0.15, 0.2) is 30.7 Å². The predicted molar refractivity (Wildman–Crippen MR) is 57.9 cm³/mol. The number of hydrogen-bond donors (Lipinski definition) is 1. The predicted octanol–water partition coefficient (Wildman–Crippen LogP) is 2.12. The van der Waals surface area contributed by atoms with E-state index in [1.54, 1.807) is 19.6 Å². The quantitative estimate of drug-likeness (QED) is 0.653. The standard InChI is InChI=1S/C11H9N3O/c1-15-7-2-3-8-9(4-7)12-5-10-11(8)14-6-13-10/h2-6H,1H3,(H,13,14). The Morgan fingerprint density at radius 1 is 1.27 bits per heavy atom. The normalized spacial score (nSPS) is 11.0. The molecule has 0 saturated heterocycles. The van der Waals surface area contributed by atoms with Crippen molar-refractivity contribution < 1.29 is 4.74 Å². The molecule has 0 aliphatic carbocycles. The number of hydrogen-bond acceptors (Lipinski definition) is 3. The molecule has 0 fully saturated rings. The highest BCUT2D eigenvalue weighted by molar-refractivity contribution is 6.01. The summed E-state index contributed by atoms with van der Waals surface area (Å²) in [6.07, 6.45) is 3.46. The van der Waals surface area contributed by atoms with Gasteiger partial charge in [0.1, 0.15) is 5.75 Å². The number of H-pyrrole nitrogens is 1. The summed E-state index contributed by atoms with van der Waals surface area (Å²) >= 11 is 0. The number of nitrogens with one attached hydrogen (secondary N) is 1. The third-order valence-corrected chi connectivity index (χ3v) is 2.46. The Hall–Kier alpha value is -2.10. The average Bonchev–Trinajstić information content (AvgIpc) is 2.76. The third-order valence-electron chi connectivity index (χ3n) is 2.46. The number of fused-ring (bicyclic) bond motifs is 3. The number of methoxy groups -OCH3 is 1. The van der Waals surface area contributed by atoms with Gasteiger partial charge in [-0.2, -0.15) is 0 Å². The first-order chi connectivity index (χ1) is 7.38. The Kier molecular flexibility index (Phi) is 1.62. The highest BCUT2D eigenvalue weighted by atomic mass is 16.5. The van der Waals surface area contributed by atoms with E-state index in [1.165, 1.54) is 0 Å². The molecule has 1 aromatic carbocycles. The summed E-state index contributed by atoms with van der Waals surface area (Å²) in [5.41, 5.74) is 2.80. The molecule has 3 rings (SSSR count). The molecule has 4 nitrogen and oxygen atoms in total. The maximum atomic E-state index is 5.15. The van der Waals surface area contributed by atoms with Gasteiger partial charge in [0, 0.05) is 11.5 Å². The highest BCUT2D eigenvalue weighted by Gasteiger charge is 2.04. The van der Waals surface area contributed by atoms with Gasteiger partial charge >= 0.3 is 0 Å². The fourth-order valence-corrected chi connectivity index (χ4v) is 1.70. The molecule has 0 spiro atoms. The monoisotopic (exact) mass is 199 g/mol. The van der Waals surface area contributed by atoms with Crippen LogP contribution < -0.4 is 4.74 Å². The average molecular weight is 199 g/mol. The van der Waals surface area contributed by atoms with Gasteiger partial charge in [0.2, 0.25) is 0 Å². The van der Waals surface area contributed by atoms with Crippen molar-refractivity contribution in [3.05, 3.63) is 30.7 Å². The Bertz CT molecular complexity index is 630. The lowest BCUT2D eigenvalue weighted by Crippen LogP contribution is -1.85. The zero-order valence-electron chi connectivity index (χ0n) is 8.19. The summed E-state index contributed by atoms with van der Waals surface area (Å²) in [6, 6.07) is 5.80. The molecule has 74 valence electrons. The smallest absolute Gasteiger partial charge is 0.121 e. The van der Waals surface area contributed by atoms with Crippen molar-refractivity contribution in [3.63, 3.8) is 0 Å². The van der Waals surface area contributed by atoms with E-state index in [0.717, 1.165) is 27.7 Å². The molecule has 0 radical (unpaired) electrons. The molecule has 2 aromatic heterocycles. The van der Waals surface area contributed by atoms with Crippen LogP contribution in [0.5, 0.6) is 5.75 Å². The van der Waals surface area contributed by atoms with Gasteiger partial charge in [-0.3, -0.25) is 4.98 Å². The molecule has 0 saturated carbocycles. The fraction of sp³-hybridized carbons (Fsp3) is 0.0909.